The summed E-state index contributed by atoms with van der Waals surface area (Å²) in [4.78, 5) is 1.52. The molecule has 3 rings (SSSR count). The number of aryl methyl sites for hydroxylation is 1. The molecule has 1 aliphatic carbocycles. The van der Waals surface area contributed by atoms with Crippen LogP contribution in [0, 0.1) is 0 Å². The summed E-state index contributed by atoms with van der Waals surface area (Å²) in [5.41, 5.74) is 2.53. The van der Waals surface area contributed by atoms with Crippen molar-refractivity contribution in [3.05, 3.63) is 45.6 Å². The molecule has 4 heteroatoms. The molecule has 2 aromatic rings. The van der Waals surface area contributed by atoms with Gasteiger partial charge in [0.1, 0.15) is 0 Å². The fraction of sp³-hybridized carbons (Fsp3) is 0.375. The number of benzene rings is 1. The zero-order chi connectivity index (χ0) is 13.9. The number of aromatic hydroxyl groups is 1. The van der Waals surface area contributed by atoms with Crippen LogP contribution in [0.5, 0.6) is 11.5 Å². The van der Waals surface area contributed by atoms with E-state index in [2.05, 4.69) is 16.8 Å². The summed E-state index contributed by atoms with van der Waals surface area (Å²) in [5, 5.41) is 15.6. The highest BCUT2D eigenvalue weighted by atomic mass is 32.1. The lowest BCUT2D eigenvalue weighted by Crippen LogP contribution is -2.23. The predicted octanol–water partition coefficient (Wildman–Crippen LogP) is 3.63. The molecule has 1 aromatic carbocycles. The van der Waals surface area contributed by atoms with E-state index in [1.54, 1.807) is 13.2 Å². The molecule has 1 heterocycles. The number of methoxy groups -OCH3 is 1. The third-order valence-electron chi connectivity index (χ3n) is 3.85. The van der Waals surface area contributed by atoms with Crippen LogP contribution in [0.2, 0.25) is 0 Å². The number of fused-ring (bicyclic) bond motifs is 1. The van der Waals surface area contributed by atoms with Crippen LogP contribution in [0.1, 0.15) is 34.9 Å². The van der Waals surface area contributed by atoms with E-state index in [1.165, 1.54) is 29.7 Å². The van der Waals surface area contributed by atoms with Crippen molar-refractivity contribution < 1.29 is 9.84 Å². The maximum atomic E-state index is 9.80. The molecule has 1 aromatic heterocycles. The molecule has 0 saturated heterocycles. The SMILES string of the molecule is COc1ccc(CNC2CCCc3sccc32)cc1O. The van der Waals surface area contributed by atoms with Gasteiger partial charge in [-0.25, -0.2) is 0 Å². The van der Waals surface area contributed by atoms with Gasteiger partial charge in [0.15, 0.2) is 11.5 Å². The minimum Gasteiger partial charge on any atom is -0.504 e. The van der Waals surface area contributed by atoms with Gasteiger partial charge in [-0.1, -0.05) is 6.07 Å². The first-order chi connectivity index (χ1) is 9.78. The van der Waals surface area contributed by atoms with Crippen LogP contribution >= 0.6 is 11.3 Å². The molecule has 1 unspecified atom stereocenters. The minimum absolute atomic E-state index is 0.201. The van der Waals surface area contributed by atoms with Crippen LogP contribution in [-0.2, 0) is 13.0 Å². The van der Waals surface area contributed by atoms with Gasteiger partial charge in [0, 0.05) is 17.5 Å². The summed E-state index contributed by atoms with van der Waals surface area (Å²) < 4.78 is 5.06. The van der Waals surface area contributed by atoms with E-state index >= 15 is 0 Å². The third kappa shape index (κ3) is 2.67. The monoisotopic (exact) mass is 289 g/mol. The molecule has 106 valence electrons. The fourth-order valence-corrected chi connectivity index (χ4v) is 3.77. The Morgan fingerprint density at radius 2 is 2.30 bits per heavy atom. The Morgan fingerprint density at radius 3 is 3.10 bits per heavy atom. The van der Waals surface area contributed by atoms with E-state index in [0.29, 0.717) is 11.8 Å². The first-order valence-corrected chi connectivity index (χ1v) is 7.81. The maximum Gasteiger partial charge on any atom is 0.160 e. The minimum atomic E-state index is 0.201. The number of phenols is 1. The van der Waals surface area contributed by atoms with Crippen molar-refractivity contribution in [2.75, 3.05) is 7.11 Å². The van der Waals surface area contributed by atoms with Crippen molar-refractivity contribution in [3.8, 4) is 11.5 Å². The van der Waals surface area contributed by atoms with E-state index in [-0.39, 0.29) is 5.75 Å². The third-order valence-corrected chi connectivity index (χ3v) is 4.84. The van der Waals surface area contributed by atoms with Crippen molar-refractivity contribution in [2.45, 2.75) is 31.8 Å². The Bertz CT molecular complexity index is 594. The molecular formula is C16H19NO2S. The average molecular weight is 289 g/mol. The van der Waals surface area contributed by atoms with Crippen LogP contribution in [0.3, 0.4) is 0 Å². The summed E-state index contributed by atoms with van der Waals surface area (Å²) >= 11 is 1.86. The van der Waals surface area contributed by atoms with Crippen molar-refractivity contribution in [1.29, 1.82) is 0 Å². The highest BCUT2D eigenvalue weighted by Gasteiger charge is 2.20. The molecule has 20 heavy (non-hydrogen) atoms. The molecule has 0 amide bonds. The Kier molecular flexibility index (Phi) is 3.94. The summed E-state index contributed by atoms with van der Waals surface area (Å²) in [6, 6.07) is 8.24. The average Bonchev–Trinajstić information content (AvgIpc) is 2.94. The van der Waals surface area contributed by atoms with E-state index in [9.17, 15) is 5.11 Å². The number of ether oxygens (including phenoxy) is 1. The van der Waals surface area contributed by atoms with Gasteiger partial charge in [0.2, 0.25) is 0 Å². The van der Waals surface area contributed by atoms with Crippen molar-refractivity contribution >= 4 is 11.3 Å². The molecule has 0 saturated carbocycles. The number of thiophene rings is 1. The summed E-state index contributed by atoms with van der Waals surface area (Å²) in [5.74, 6) is 0.721. The van der Waals surface area contributed by atoms with Gasteiger partial charge < -0.3 is 15.2 Å². The summed E-state index contributed by atoms with van der Waals surface area (Å²) in [7, 11) is 1.56. The molecule has 1 atom stereocenters. The van der Waals surface area contributed by atoms with Crippen molar-refractivity contribution in [3.63, 3.8) is 0 Å². The van der Waals surface area contributed by atoms with E-state index in [1.807, 2.05) is 23.5 Å². The van der Waals surface area contributed by atoms with E-state index in [0.717, 1.165) is 12.1 Å². The smallest absolute Gasteiger partial charge is 0.160 e. The zero-order valence-corrected chi connectivity index (χ0v) is 12.4. The van der Waals surface area contributed by atoms with Gasteiger partial charge in [0.05, 0.1) is 7.11 Å². The highest BCUT2D eigenvalue weighted by Crippen LogP contribution is 2.33. The van der Waals surface area contributed by atoms with Crippen LogP contribution in [-0.4, -0.2) is 12.2 Å². The Labute approximate surface area is 123 Å². The zero-order valence-electron chi connectivity index (χ0n) is 11.6. The Balaban J connectivity index is 1.67. The second-order valence-electron chi connectivity index (χ2n) is 5.13. The van der Waals surface area contributed by atoms with Crippen molar-refractivity contribution in [2.24, 2.45) is 0 Å². The number of rotatable bonds is 4. The largest absolute Gasteiger partial charge is 0.504 e. The normalized spacial score (nSPS) is 17.8. The molecular weight excluding hydrogens is 270 g/mol. The Hall–Kier alpha value is -1.52. The first-order valence-electron chi connectivity index (χ1n) is 6.93. The molecule has 0 radical (unpaired) electrons. The number of hydrogen-bond acceptors (Lipinski definition) is 4. The van der Waals surface area contributed by atoms with Gasteiger partial charge in [-0.2, -0.15) is 0 Å². The predicted molar refractivity (Wildman–Crippen MR) is 81.5 cm³/mol. The van der Waals surface area contributed by atoms with Gasteiger partial charge in [-0.15, -0.1) is 11.3 Å². The lowest BCUT2D eigenvalue weighted by Gasteiger charge is -2.24. The van der Waals surface area contributed by atoms with Gasteiger partial charge in [0.25, 0.3) is 0 Å². The second-order valence-corrected chi connectivity index (χ2v) is 6.13. The summed E-state index contributed by atoms with van der Waals surface area (Å²) in [6.07, 6.45) is 3.65. The quantitative estimate of drug-likeness (QED) is 0.903. The van der Waals surface area contributed by atoms with E-state index < -0.39 is 0 Å². The highest BCUT2D eigenvalue weighted by molar-refractivity contribution is 7.10. The molecule has 0 fully saturated rings. The molecule has 2 N–H and O–H groups in total. The maximum absolute atomic E-state index is 9.80. The molecule has 3 nitrogen and oxygen atoms in total. The second kappa shape index (κ2) is 5.85. The lowest BCUT2D eigenvalue weighted by molar-refractivity contribution is 0.372. The molecule has 0 spiro atoms. The standard InChI is InChI=1S/C16H19NO2S/c1-19-15-6-5-11(9-14(15)18)10-17-13-3-2-4-16-12(13)7-8-20-16/h5-9,13,17-18H,2-4,10H2,1H3. The number of phenolic OH excluding ortho intramolecular Hbond substituents is 1. The molecule has 1 aliphatic rings. The van der Waals surface area contributed by atoms with Crippen LogP contribution in [0.25, 0.3) is 0 Å². The van der Waals surface area contributed by atoms with Gasteiger partial charge in [-0.3, -0.25) is 0 Å². The van der Waals surface area contributed by atoms with Gasteiger partial charge in [-0.05, 0) is 54.0 Å². The first kappa shape index (κ1) is 13.5. The molecule has 0 bridgehead atoms. The van der Waals surface area contributed by atoms with Crippen LogP contribution in [0.4, 0.5) is 0 Å². The van der Waals surface area contributed by atoms with E-state index in [4.69, 9.17) is 4.74 Å². The summed E-state index contributed by atoms with van der Waals surface area (Å²) in [6.45, 7) is 0.761. The fourth-order valence-electron chi connectivity index (χ4n) is 2.79. The van der Waals surface area contributed by atoms with Crippen molar-refractivity contribution in [1.82, 2.24) is 5.32 Å². The lowest BCUT2D eigenvalue weighted by atomic mass is 9.94. The number of hydrogen-bond donors (Lipinski definition) is 2. The van der Waals surface area contributed by atoms with Crippen LogP contribution in [0.15, 0.2) is 29.6 Å². The Morgan fingerprint density at radius 1 is 1.40 bits per heavy atom. The van der Waals surface area contributed by atoms with Gasteiger partial charge >= 0.3 is 0 Å². The number of nitrogens with one attached hydrogen (secondary N) is 1. The topological polar surface area (TPSA) is 41.5 Å². The molecule has 0 aliphatic heterocycles. The van der Waals surface area contributed by atoms with Crippen LogP contribution < -0.4 is 10.1 Å².